The molecule has 8 aromatic rings. The van der Waals surface area contributed by atoms with Gasteiger partial charge in [0.2, 0.25) is 11.8 Å². The van der Waals surface area contributed by atoms with Crippen molar-refractivity contribution in [2.75, 3.05) is 9.80 Å². The zero-order valence-electron chi connectivity index (χ0n) is 23.9. The number of hydrogen-bond donors (Lipinski definition) is 0. The molecule has 0 radical (unpaired) electrons. The van der Waals surface area contributed by atoms with Crippen molar-refractivity contribution < 1.29 is 8.83 Å². The van der Waals surface area contributed by atoms with Crippen LogP contribution in [0.5, 0.6) is 0 Å². The first-order valence-corrected chi connectivity index (χ1v) is 14.7. The molecule has 8 rings (SSSR count). The topological polar surface area (TPSA) is 32.8 Å². The molecule has 0 aliphatic rings. The first-order chi connectivity index (χ1) is 21.8. The standard InChI is InChI=1S/C40H28N2O2/c1-3-17-31(18-4-1)41(35-23-11-15-29-13-7-9-21-33(29)35)39-27-25-37(43-39)38-26-28-40(44-38)42(32-19-5-2-6-20-32)36-24-12-16-30-14-8-10-22-34(30)36/h1-28H. The molecule has 0 unspecified atom stereocenters. The van der Waals surface area contributed by atoms with Crippen LogP contribution in [0.2, 0.25) is 0 Å². The smallest absolute Gasteiger partial charge is 0.205 e. The molecule has 0 spiro atoms. The van der Waals surface area contributed by atoms with Crippen molar-refractivity contribution in [3.05, 3.63) is 170 Å². The van der Waals surface area contributed by atoms with E-state index in [2.05, 4.69) is 119 Å². The van der Waals surface area contributed by atoms with Crippen LogP contribution in [0.15, 0.2) is 179 Å². The Morgan fingerprint density at radius 2 is 0.705 bits per heavy atom. The first-order valence-electron chi connectivity index (χ1n) is 14.7. The number of nitrogens with zero attached hydrogens (tertiary/aromatic N) is 2. The van der Waals surface area contributed by atoms with Crippen LogP contribution in [0.4, 0.5) is 34.5 Å². The summed E-state index contributed by atoms with van der Waals surface area (Å²) >= 11 is 0. The van der Waals surface area contributed by atoms with Crippen LogP contribution in [0.1, 0.15) is 0 Å². The summed E-state index contributed by atoms with van der Waals surface area (Å²) in [5, 5.41) is 4.63. The summed E-state index contributed by atoms with van der Waals surface area (Å²) in [6, 6.07) is 58.1. The highest BCUT2D eigenvalue weighted by Crippen LogP contribution is 2.43. The number of benzene rings is 6. The van der Waals surface area contributed by atoms with Crippen LogP contribution < -0.4 is 9.80 Å². The van der Waals surface area contributed by atoms with Crippen molar-refractivity contribution in [1.29, 1.82) is 0 Å². The maximum absolute atomic E-state index is 6.58. The molecule has 4 nitrogen and oxygen atoms in total. The maximum atomic E-state index is 6.58. The summed E-state index contributed by atoms with van der Waals surface area (Å²) in [6.45, 7) is 0. The largest absolute Gasteiger partial charge is 0.437 e. The molecule has 0 amide bonds. The number of para-hydroxylation sites is 2. The summed E-state index contributed by atoms with van der Waals surface area (Å²) in [5.74, 6) is 2.71. The minimum absolute atomic E-state index is 0.651. The van der Waals surface area contributed by atoms with Gasteiger partial charge < -0.3 is 8.83 Å². The van der Waals surface area contributed by atoms with E-state index in [9.17, 15) is 0 Å². The molecule has 0 aliphatic carbocycles. The van der Waals surface area contributed by atoms with Crippen molar-refractivity contribution in [2.45, 2.75) is 0 Å². The normalized spacial score (nSPS) is 11.2. The zero-order valence-corrected chi connectivity index (χ0v) is 23.9. The Morgan fingerprint density at radius 1 is 0.318 bits per heavy atom. The Labute approximate surface area is 255 Å². The number of fused-ring (bicyclic) bond motifs is 2. The van der Waals surface area contributed by atoms with Crippen molar-refractivity contribution >= 4 is 56.1 Å². The van der Waals surface area contributed by atoms with E-state index in [1.807, 2.05) is 60.7 Å². The molecule has 4 heteroatoms. The van der Waals surface area contributed by atoms with E-state index in [-0.39, 0.29) is 0 Å². The van der Waals surface area contributed by atoms with Gasteiger partial charge >= 0.3 is 0 Å². The second kappa shape index (κ2) is 11.0. The third-order valence-corrected chi connectivity index (χ3v) is 7.91. The Balaban J connectivity index is 1.22. The molecule has 0 bridgehead atoms. The molecule has 0 atom stereocenters. The minimum atomic E-state index is 0.651. The highest BCUT2D eigenvalue weighted by atomic mass is 16.4. The van der Waals surface area contributed by atoms with E-state index in [1.54, 1.807) is 0 Å². The van der Waals surface area contributed by atoms with Gasteiger partial charge in [0.15, 0.2) is 11.5 Å². The second-order valence-corrected chi connectivity index (χ2v) is 10.6. The van der Waals surface area contributed by atoms with Gasteiger partial charge in [-0.1, -0.05) is 109 Å². The Hall–Kier alpha value is -6.00. The van der Waals surface area contributed by atoms with Gasteiger partial charge in [-0.25, -0.2) is 0 Å². The summed E-state index contributed by atoms with van der Waals surface area (Å²) in [5.41, 5.74) is 4.11. The number of rotatable bonds is 7. The lowest BCUT2D eigenvalue weighted by atomic mass is 10.1. The molecular weight excluding hydrogens is 540 g/mol. The highest BCUT2D eigenvalue weighted by molar-refractivity contribution is 5.99. The van der Waals surface area contributed by atoms with Gasteiger partial charge in [0.25, 0.3) is 0 Å². The van der Waals surface area contributed by atoms with E-state index in [0.717, 1.165) is 33.5 Å². The van der Waals surface area contributed by atoms with E-state index >= 15 is 0 Å². The third-order valence-electron chi connectivity index (χ3n) is 7.91. The molecule has 2 heterocycles. The molecule has 0 saturated carbocycles. The molecular formula is C40H28N2O2. The van der Waals surface area contributed by atoms with Crippen LogP contribution >= 0.6 is 0 Å². The number of anilines is 6. The van der Waals surface area contributed by atoms with E-state index < -0.39 is 0 Å². The lowest BCUT2D eigenvalue weighted by molar-refractivity contribution is 0.532. The van der Waals surface area contributed by atoms with Crippen molar-refractivity contribution in [3.8, 4) is 11.5 Å². The quantitative estimate of drug-likeness (QED) is 0.191. The van der Waals surface area contributed by atoms with E-state index in [4.69, 9.17) is 8.83 Å². The molecule has 0 saturated heterocycles. The molecule has 0 aliphatic heterocycles. The summed E-state index contributed by atoms with van der Waals surface area (Å²) in [6.07, 6.45) is 0. The van der Waals surface area contributed by atoms with Crippen LogP contribution in [-0.2, 0) is 0 Å². The van der Waals surface area contributed by atoms with Crippen LogP contribution in [-0.4, -0.2) is 0 Å². The highest BCUT2D eigenvalue weighted by Gasteiger charge is 2.22. The van der Waals surface area contributed by atoms with Gasteiger partial charge in [0.1, 0.15) is 0 Å². The zero-order chi connectivity index (χ0) is 29.3. The Bertz CT molecular complexity index is 2030. The fraction of sp³-hybridized carbons (Fsp3) is 0. The van der Waals surface area contributed by atoms with Crippen molar-refractivity contribution in [3.63, 3.8) is 0 Å². The van der Waals surface area contributed by atoms with Crippen LogP contribution in [0.3, 0.4) is 0 Å². The fourth-order valence-electron chi connectivity index (χ4n) is 5.89. The lowest BCUT2D eigenvalue weighted by Gasteiger charge is -2.24. The molecule has 0 N–H and O–H groups in total. The summed E-state index contributed by atoms with van der Waals surface area (Å²) < 4.78 is 13.2. The third kappa shape index (κ3) is 4.59. The Kier molecular flexibility index (Phi) is 6.43. The predicted molar refractivity (Wildman–Crippen MR) is 181 cm³/mol. The van der Waals surface area contributed by atoms with E-state index in [1.165, 1.54) is 10.8 Å². The Morgan fingerprint density at radius 3 is 1.16 bits per heavy atom. The van der Waals surface area contributed by atoms with Gasteiger partial charge in [0.05, 0.1) is 11.4 Å². The average molecular weight is 569 g/mol. The number of furan rings is 2. The SMILES string of the molecule is c1ccc(N(c2ccc(-c3ccc(N(c4ccccc4)c4cccc5ccccc45)o3)o2)c2cccc3ccccc23)cc1. The number of hydrogen-bond acceptors (Lipinski definition) is 4. The van der Waals surface area contributed by atoms with Gasteiger partial charge in [-0.3, -0.25) is 9.80 Å². The van der Waals surface area contributed by atoms with Crippen molar-refractivity contribution in [1.82, 2.24) is 0 Å². The minimum Gasteiger partial charge on any atom is -0.437 e. The van der Waals surface area contributed by atoms with Crippen LogP contribution in [0.25, 0.3) is 33.1 Å². The van der Waals surface area contributed by atoms with Crippen molar-refractivity contribution in [2.24, 2.45) is 0 Å². The summed E-state index contributed by atoms with van der Waals surface area (Å²) in [4.78, 5) is 4.31. The maximum Gasteiger partial charge on any atom is 0.205 e. The fourth-order valence-corrected chi connectivity index (χ4v) is 5.89. The average Bonchev–Trinajstić information content (AvgIpc) is 3.77. The van der Waals surface area contributed by atoms with Gasteiger partial charge in [-0.2, -0.15) is 0 Å². The summed E-state index contributed by atoms with van der Waals surface area (Å²) in [7, 11) is 0. The van der Waals surface area contributed by atoms with Crippen LogP contribution in [0, 0.1) is 0 Å². The molecule has 44 heavy (non-hydrogen) atoms. The predicted octanol–water partition coefficient (Wildman–Crippen LogP) is 11.8. The lowest BCUT2D eigenvalue weighted by Crippen LogP contribution is -2.09. The van der Waals surface area contributed by atoms with Gasteiger partial charge in [-0.05, 0) is 59.3 Å². The second-order valence-electron chi connectivity index (χ2n) is 10.6. The molecule has 0 fully saturated rings. The monoisotopic (exact) mass is 568 g/mol. The molecule has 210 valence electrons. The molecule has 2 aromatic heterocycles. The van der Waals surface area contributed by atoms with Gasteiger partial charge in [-0.15, -0.1) is 0 Å². The first kappa shape index (κ1) is 25.7. The van der Waals surface area contributed by atoms with E-state index in [0.29, 0.717) is 23.3 Å². The van der Waals surface area contributed by atoms with Gasteiger partial charge in [0, 0.05) is 34.3 Å². The molecule has 6 aromatic carbocycles.